The highest BCUT2D eigenvalue weighted by Gasteiger charge is 2.12. The number of ether oxygens (including phenoxy) is 1. The summed E-state index contributed by atoms with van der Waals surface area (Å²) in [5.74, 6) is -0.960. The fraction of sp³-hybridized carbons (Fsp3) is 0.273. The Hall–Kier alpha value is -1.93. The molecule has 1 aromatic carbocycles. The SMILES string of the molecule is CO[C@@H](C)C(=O)Nc1ccc(F)c(C#N)c1. The van der Waals surface area contributed by atoms with E-state index in [0.717, 1.165) is 6.07 Å². The summed E-state index contributed by atoms with van der Waals surface area (Å²) < 4.78 is 17.8. The summed E-state index contributed by atoms with van der Waals surface area (Å²) in [5.41, 5.74) is 0.259. The Morgan fingerprint density at radius 1 is 1.62 bits per heavy atom. The average molecular weight is 222 g/mol. The molecule has 0 heterocycles. The van der Waals surface area contributed by atoms with E-state index in [9.17, 15) is 9.18 Å². The molecule has 0 unspecified atom stereocenters. The third-order valence-electron chi connectivity index (χ3n) is 2.08. The zero-order valence-electron chi connectivity index (χ0n) is 8.95. The van der Waals surface area contributed by atoms with Gasteiger partial charge in [0.15, 0.2) is 0 Å². The summed E-state index contributed by atoms with van der Waals surface area (Å²) in [6.07, 6.45) is -0.601. The van der Waals surface area contributed by atoms with Gasteiger partial charge in [-0.05, 0) is 25.1 Å². The number of hydrogen-bond acceptors (Lipinski definition) is 3. The molecule has 4 nitrogen and oxygen atoms in total. The van der Waals surface area contributed by atoms with Crippen molar-refractivity contribution >= 4 is 11.6 Å². The minimum absolute atomic E-state index is 0.108. The van der Waals surface area contributed by atoms with Gasteiger partial charge in [-0.1, -0.05) is 0 Å². The largest absolute Gasteiger partial charge is 0.372 e. The van der Waals surface area contributed by atoms with Crippen molar-refractivity contribution in [1.82, 2.24) is 0 Å². The number of anilines is 1. The first-order valence-electron chi connectivity index (χ1n) is 4.61. The molecule has 0 aliphatic heterocycles. The van der Waals surface area contributed by atoms with Crippen molar-refractivity contribution < 1.29 is 13.9 Å². The number of carbonyl (C=O) groups excluding carboxylic acids is 1. The van der Waals surface area contributed by atoms with Crippen LogP contribution in [-0.2, 0) is 9.53 Å². The first kappa shape index (κ1) is 12.1. The lowest BCUT2D eigenvalue weighted by Crippen LogP contribution is -2.26. The van der Waals surface area contributed by atoms with Crippen molar-refractivity contribution in [3.05, 3.63) is 29.6 Å². The van der Waals surface area contributed by atoms with Gasteiger partial charge in [-0.2, -0.15) is 5.26 Å². The number of nitriles is 1. The Morgan fingerprint density at radius 2 is 2.31 bits per heavy atom. The summed E-state index contributed by atoms with van der Waals surface area (Å²) >= 11 is 0. The molecule has 5 heteroatoms. The molecule has 1 atom stereocenters. The van der Waals surface area contributed by atoms with Crippen LogP contribution in [0.2, 0.25) is 0 Å². The van der Waals surface area contributed by atoms with Gasteiger partial charge in [-0.25, -0.2) is 4.39 Å². The lowest BCUT2D eigenvalue weighted by Gasteiger charge is -2.10. The third kappa shape index (κ3) is 2.78. The van der Waals surface area contributed by atoms with Gasteiger partial charge in [0, 0.05) is 12.8 Å². The molecule has 0 aromatic heterocycles. The van der Waals surface area contributed by atoms with Crippen LogP contribution in [0.5, 0.6) is 0 Å². The van der Waals surface area contributed by atoms with Crippen LogP contribution in [-0.4, -0.2) is 19.1 Å². The summed E-state index contributed by atoms with van der Waals surface area (Å²) in [7, 11) is 1.41. The standard InChI is InChI=1S/C11H11FN2O2/c1-7(16-2)11(15)14-9-3-4-10(12)8(5-9)6-13/h3-5,7H,1-2H3,(H,14,15)/t7-/m0/s1. The predicted molar refractivity (Wildman–Crippen MR) is 56.2 cm³/mol. The van der Waals surface area contributed by atoms with E-state index in [0.29, 0.717) is 5.69 Å². The third-order valence-corrected chi connectivity index (χ3v) is 2.08. The molecule has 84 valence electrons. The molecule has 1 amide bonds. The van der Waals surface area contributed by atoms with Crippen LogP contribution in [0.4, 0.5) is 10.1 Å². The Kier molecular flexibility index (Phi) is 3.97. The average Bonchev–Trinajstić information content (AvgIpc) is 2.30. The van der Waals surface area contributed by atoms with Crippen LogP contribution in [0.25, 0.3) is 0 Å². The minimum Gasteiger partial charge on any atom is -0.372 e. The molecule has 1 rings (SSSR count). The summed E-state index contributed by atoms with van der Waals surface area (Å²) in [6.45, 7) is 1.59. The molecule has 0 fully saturated rings. The molecule has 0 saturated heterocycles. The predicted octanol–water partition coefficient (Wildman–Crippen LogP) is 1.67. The van der Waals surface area contributed by atoms with Gasteiger partial charge in [-0.15, -0.1) is 0 Å². The second-order valence-corrected chi connectivity index (χ2v) is 3.17. The van der Waals surface area contributed by atoms with Crippen LogP contribution in [0, 0.1) is 17.1 Å². The number of nitrogens with zero attached hydrogens (tertiary/aromatic N) is 1. The highest BCUT2D eigenvalue weighted by atomic mass is 19.1. The number of halogens is 1. The molecule has 0 bridgehead atoms. The molecular weight excluding hydrogens is 211 g/mol. The van der Waals surface area contributed by atoms with Crippen LogP contribution < -0.4 is 5.32 Å². The first-order valence-corrected chi connectivity index (χ1v) is 4.61. The summed E-state index contributed by atoms with van der Waals surface area (Å²) in [6, 6.07) is 5.48. The van der Waals surface area contributed by atoms with Gasteiger partial charge in [-0.3, -0.25) is 4.79 Å². The van der Waals surface area contributed by atoms with Crippen LogP contribution >= 0.6 is 0 Å². The maximum absolute atomic E-state index is 13.0. The fourth-order valence-corrected chi connectivity index (χ4v) is 1.04. The van der Waals surface area contributed by atoms with E-state index < -0.39 is 11.9 Å². The van der Waals surface area contributed by atoms with Crippen molar-refractivity contribution in [2.75, 3.05) is 12.4 Å². The Morgan fingerprint density at radius 3 is 2.88 bits per heavy atom. The molecule has 0 saturated carbocycles. The number of amides is 1. The number of rotatable bonds is 3. The highest BCUT2D eigenvalue weighted by Crippen LogP contribution is 2.14. The van der Waals surface area contributed by atoms with E-state index in [4.69, 9.17) is 10.00 Å². The van der Waals surface area contributed by atoms with E-state index in [1.165, 1.54) is 19.2 Å². The number of benzene rings is 1. The summed E-state index contributed by atoms with van der Waals surface area (Å²) in [5, 5.41) is 11.1. The van der Waals surface area contributed by atoms with Crippen molar-refractivity contribution in [2.24, 2.45) is 0 Å². The van der Waals surface area contributed by atoms with E-state index in [-0.39, 0.29) is 11.5 Å². The van der Waals surface area contributed by atoms with Crippen LogP contribution in [0.3, 0.4) is 0 Å². The van der Waals surface area contributed by atoms with Crippen molar-refractivity contribution in [3.63, 3.8) is 0 Å². The van der Waals surface area contributed by atoms with Gasteiger partial charge in [0.25, 0.3) is 5.91 Å². The Balaban J connectivity index is 2.83. The second-order valence-electron chi connectivity index (χ2n) is 3.17. The van der Waals surface area contributed by atoms with Gasteiger partial charge < -0.3 is 10.1 Å². The molecule has 1 aromatic rings. The van der Waals surface area contributed by atoms with Gasteiger partial charge in [0.1, 0.15) is 18.0 Å². The fourth-order valence-electron chi connectivity index (χ4n) is 1.04. The molecule has 1 N–H and O–H groups in total. The summed E-state index contributed by atoms with van der Waals surface area (Å²) in [4.78, 5) is 11.4. The van der Waals surface area contributed by atoms with Crippen LogP contribution in [0.15, 0.2) is 18.2 Å². The maximum Gasteiger partial charge on any atom is 0.253 e. The van der Waals surface area contributed by atoms with E-state index in [2.05, 4.69) is 5.32 Å². The lowest BCUT2D eigenvalue weighted by molar-refractivity contribution is -0.124. The van der Waals surface area contributed by atoms with Crippen molar-refractivity contribution in [1.29, 1.82) is 5.26 Å². The number of hydrogen-bond donors (Lipinski definition) is 1. The van der Waals surface area contributed by atoms with Crippen molar-refractivity contribution in [2.45, 2.75) is 13.0 Å². The molecule has 0 spiro atoms. The zero-order valence-corrected chi connectivity index (χ0v) is 8.95. The molecular formula is C11H11FN2O2. The number of methoxy groups -OCH3 is 1. The molecule has 16 heavy (non-hydrogen) atoms. The van der Waals surface area contributed by atoms with Crippen molar-refractivity contribution in [3.8, 4) is 6.07 Å². The van der Waals surface area contributed by atoms with Gasteiger partial charge in [0.2, 0.25) is 0 Å². The van der Waals surface area contributed by atoms with E-state index in [1.54, 1.807) is 13.0 Å². The number of carbonyl (C=O) groups is 1. The second kappa shape index (κ2) is 5.24. The minimum atomic E-state index is -0.611. The Labute approximate surface area is 92.6 Å². The van der Waals surface area contributed by atoms with Gasteiger partial charge in [0.05, 0.1) is 5.56 Å². The lowest BCUT2D eigenvalue weighted by atomic mass is 10.2. The van der Waals surface area contributed by atoms with Crippen LogP contribution in [0.1, 0.15) is 12.5 Å². The van der Waals surface area contributed by atoms with E-state index in [1.807, 2.05) is 0 Å². The number of nitrogens with one attached hydrogen (secondary N) is 1. The molecule has 0 aliphatic rings. The van der Waals surface area contributed by atoms with Gasteiger partial charge >= 0.3 is 0 Å². The smallest absolute Gasteiger partial charge is 0.253 e. The molecule has 0 aliphatic carbocycles. The monoisotopic (exact) mass is 222 g/mol. The van der Waals surface area contributed by atoms with E-state index >= 15 is 0 Å². The molecule has 0 radical (unpaired) electrons. The highest BCUT2D eigenvalue weighted by molar-refractivity contribution is 5.94. The Bertz CT molecular complexity index is 440. The quantitative estimate of drug-likeness (QED) is 0.846. The maximum atomic E-state index is 13.0. The topological polar surface area (TPSA) is 62.1 Å². The zero-order chi connectivity index (χ0) is 12.1. The normalized spacial score (nSPS) is 11.6. The first-order chi connectivity index (χ1) is 7.58.